The molecule has 1 saturated heterocycles. The van der Waals surface area contributed by atoms with Crippen molar-refractivity contribution < 1.29 is 14.3 Å². The van der Waals surface area contributed by atoms with Gasteiger partial charge in [0.25, 0.3) is 0 Å². The number of aromatic nitrogens is 2. The number of alkyl carbamates (subject to hydrolysis) is 1. The minimum Gasteiger partial charge on any atom is -0.447 e. The largest absolute Gasteiger partial charge is 0.447 e. The van der Waals surface area contributed by atoms with Gasteiger partial charge in [-0.3, -0.25) is 0 Å². The van der Waals surface area contributed by atoms with Crippen molar-refractivity contribution in [1.82, 2.24) is 15.3 Å². The van der Waals surface area contributed by atoms with Crippen molar-refractivity contribution in [3.8, 4) is 11.4 Å². The van der Waals surface area contributed by atoms with Crippen LogP contribution >= 0.6 is 0 Å². The summed E-state index contributed by atoms with van der Waals surface area (Å²) in [5, 5.41) is 3.95. The fourth-order valence-electron chi connectivity index (χ4n) is 4.10. The fourth-order valence-corrected chi connectivity index (χ4v) is 4.10. The number of methoxy groups -OCH3 is 1. The van der Waals surface area contributed by atoms with Gasteiger partial charge in [-0.2, -0.15) is 0 Å². The maximum atomic E-state index is 11.9. The van der Waals surface area contributed by atoms with Gasteiger partial charge >= 0.3 is 6.09 Å². The first kappa shape index (κ1) is 22.0. The molecular weight excluding hydrogens is 404 g/mol. The first-order chi connectivity index (χ1) is 15.6. The summed E-state index contributed by atoms with van der Waals surface area (Å²) in [7, 11) is 1.58. The Morgan fingerprint density at radius 1 is 1.16 bits per heavy atom. The van der Waals surface area contributed by atoms with Gasteiger partial charge in [0.15, 0.2) is 5.82 Å². The van der Waals surface area contributed by atoms with Crippen molar-refractivity contribution in [2.75, 3.05) is 44.9 Å². The van der Waals surface area contributed by atoms with Crippen molar-refractivity contribution in [3.63, 3.8) is 0 Å². The Bertz CT molecular complexity index is 1060. The van der Waals surface area contributed by atoms with Crippen LogP contribution in [0.25, 0.3) is 22.3 Å². The molecule has 0 spiro atoms. The summed E-state index contributed by atoms with van der Waals surface area (Å²) in [5.41, 5.74) is 3.14. The van der Waals surface area contributed by atoms with Gasteiger partial charge in [0.1, 0.15) is 12.4 Å². The molecule has 1 atom stereocenters. The molecule has 1 aliphatic rings. The zero-order valence-electron chi connectivity index (χ0n) is 18.7. The Morgan fingerprint density at radius 2 is 2.00 bits per heavy atom. The molecule has 1 fully saturated rings. The van der Waals surface area contributed by atoms with E-state index in [4.69, 9.17) is 19.4 Å². The SMILES string of the molecule is COCCOC(=O)NC[C@@H]1CCCN(c2nc(-c3ccccc3)nc3cc(C)ccc23)C1. The lowest BCUT2D eigenvalue weighted by molar-refractivity contribution is 0.0976. The van der Waals surface area contributed by atoms with Crippen LogP contribution in [0.2, 0.25) is 0 Å². The number of aryl methyl sites for hydroxylation is 1. The standard InChI is InChI=1S/C25H30N4O3/c1-18-10-11-21-22(15-18)27-23(20-8-4-3-5-9-20)28-24(21)29-12-6-7-19(17-29)16-26-25(30)32-14-13-31-2/h3-5,8-11,15,19H,6-7,12-14,16-17H2,1-2H3,(H,26,30)/t19-/m0/s1. The summed E-state index contributed by atoms with van der Waals surface area (Å²) < 4.78 is 10.0. The molecule has 2 aromatic carbocycles. The van der Waals surface area contributed by atoms with Crippen LogP contribution in [0, 0.1) is 12.8 Å². The first-order valence-electron chi connectivity index (χ1n) is 11.1. The third kappa shape index (κ3) is 5.34. The van der Waals surface area contributed by atoms with E-state index in [-0.39, 0.29) is 6.61 Å². The van der Waals surface area contributed by atoms with Crippen LogP contribution in [-0.4, -0.2) is 56.0 Å². The number of carbonyl (C=O) groups is 1. The zero-order chi connectivity index (χ0) is 22.3. The molecule has 1 aliphatic heterocycles. The highest BCUT2D eigenvalue weighted by atomic mass is 16.6. The van der Waals surface area contributed by atoms with Crippen LogP contribution in [0.1, 0.15) is 18.4 Å². The van der Waals surface area contributed by atoms with Crippen LogP contribution in [0.5, 0.6) is 0 Å². The maximum absolute atomic E-state index is 11.9. The molecule has 0 saturated carbocycles. The second kappa shape index (κ2) is 10.4. The molecule has 7 nitrogen and oxygen atoms in total. The smallest absolute Gasteiger partial charge is 0.407 e. The fraction of sp³-hybridized carbons (Fsp3) is 0.400. The van der Waals surface area contributed by atoms with Crippen molar-refractivity contribution in [3.05, 3.63) is 54.1 Å². The number of nitrogens with one attached hydrogen (secondary N) is 1. The highest BCUT2D eigenvalue weighted by molar-refractivity contribution is 5.91. The minimum atomic E-state index is -0.395. The maximum Gasteiger partial charge on any atom is 0.407 e. The number of piperidine rings is 1. The molecule has 1 aromatic heterocycles. The monoisotopic (exact) mass is 434 g/mol. The van der Waals surface area contributed by atoms with Crippen molar-refractivity contribution in [2.24, 2.45) is 5.92 Å². The predicted molar refractivity (Wildman–Crippen MR) is 126 cm³/mol. The number of hydrogen-bond acceptors (Lipinski definition) is 6. The average Bonchev–Trinajstić information content (AvgIpc) is 2.83. The van der Waals surface area contributed by atoms with E-state index in [9.17, 15) is 4.79 Å². The summed E-state index contributed by atoms with van der Waals surface area (Å²) in [6.07, 6.45) is 1.71. The van der Waals surface area contributed by atoms with E-state index in [1.807, 2.05) is 30.3 Å². The number of nitrogens with zero attached hydrogens (tertiary/aromatic N) is 3. The molecule has 168 valence electrons. The topological polar surface area (TPSA) is 76.6 Å². The van der Waals surface area contributed by atoms with Crippen molar-refractivity contribution in [2.45, 2.75) is 19.8 Å². The Hall–Kier alpha value is -3.19. The molecule has 32 heavy (non-hydrogen) atoms. The van der Waals surface area contributed by atoms with Crippen LogP contribution < -0.4 is 10.2 Å². The van der Waals surface area contributed by atoms with E-state index >= 15 is 0 Å². The Labute approximate surface area is 188 Å². The Morgan fingerprint density at radius 3 is 2.81 bits per heavy atom. The molecular formula is C25H30N4O3. The first-order valence-corrected chi connectivity index (χ1v) is 11.1. The van der Waals surface area contributed by atoms with Gasteiger partial charge in [-0.05, 0) is 43.4 Å². The normalized spacial score (nSPS) is 16.2. The highest BCUT2D eigenvalue weighted by Crippen LogP contribution is 2.31. The number of hydrogen-bond donors (Lipinski definition) is 1. The molecule has 2 heterocycles. The molecule has 0 radical (unpaired) electrons. The second-order valence-electron chi connectivity index (χ2n) is 8.22. The summed E-state index contributed by atoms with van der Waals surface area (Å²) in [4.78, 5) is 24.1. The third-order valence-corrected chi connectivity index (χ3v) is 5.74. The number of ether oxygens (including phenoxy) is 2. The summed E-state index contributed by atoms with van der Waals surface area (Å²) >= 11 is 0. The van der Waals surface area contributed by atoms with Gasteiger partial charge < -0.3 is 19.7 Å². The number of benzene rings is 2. The average molecular weight is 435 g/mol. The number of fused-ring (bicyclic) bond motifs is 1. The Balaban J connectivity index is 1.54. The van der Waals surface area contributed by atoms with Crippen LogP contribution in [-0.2, 0) is 9.47 Å². The van der Waals surface area contributed by atoms with Gasteiger partial charge in [0.05, 0.1) is 12.1 Å². The lowest BCUT2D eigenvalue weighted by atomic mass is 9.97. The summed E-state index contributed by atoms with van der Waals surface area (Å²) in [5.74, 6) is 2.02. The van der Waals surface area contributed by atoms with Gasteiger partial charge in [0, 0.05) is 37.7 Å². The molecule has 0 bridgehead atoms. The van der Waals surface area contributed by atoms with Gasteiger partial charge in [-0.15, -0.1) is 0 Å². The molecule has 7 heteroatoms. The van der Waals surface area contributed by atoms with E-state index in [0.29, 0.717) is 19.1 Å². The lowest BCUT2D eigenvalue weighted by Crippen LogP contribution is -2.41. The third-order valence-electron chi connectivity index (χ3n) is 5.74. The molecule has 1 N–H and O–H groups in total. The van der Waals surface area contributed by atoms with Crippen LogP contribution in [0.3, 0.4) is 0 Å². The highest BCUT2D eigenvalue weighted by Gasteiger charge is 2.24. The van der Waals surface area contributed by atoms with Crippen molar-refractivity contribution >= 4 is 22.8 Å². The van der Waals surface area contributed by atoms with Crippen LogP contribution in [0.15, 0.2) is 48.5 Å². The number of anilines is 1. The molecule has 1 amide bonds. The van der Waals surface area contributed by atoms with Gasteiger partial charge in [-0.25, -0.2) is 14.8 Å². The van der Waals surface area contributed by atoms with Gasteiger partial charge in [0.2, 0.25) is 0 Å². The number of rotatable bonds is 7. The summed E-state index contributed by atoms with van der Waals surface area (Å²) in [6, 6.07) is 16.4. The molecule has 0 aliphatic carbocycles. The zero-order valence-corrected chi connectivity index (χ0v) is 18.7. The van der Waals surface area contributed by atoms with E-state index in [1.54, 1.807) is 7.11 Å². The van der Waals surface area contributed by atoms with Crippen LogP contribution in [0.4, 0.5) is 10.6 Å². The summed E-state index contributed by atoms with van der Waals surface area (Å²) in [6.45, 7) is 5.08. The molecule has 4 rings (SSSR count). The minimum absolute atomic E-state index is 0.258. The molecule has 0 unspecified atom stereocenters. The number of amides is 1. The second-order valence-corrected chi connectivity index (χ2v) is 8.22. The Kier molecular flexibility index (Phi) is 7.17. The van der Waals surface area contributed by atoms with Crippen molar-refractivity contribution in [1.29, 1.82) is 0 Å². The lowest BCUT2D eigenvalue weighted by Gasteiger charge is -2.34. The van der Waals surface area contributed by atoms with E-state index in [1.165, 1.54) is 5.56 Å². The van der Waals surface area contributed by atoms with E-state index < -0.39 is 6.09 Å². The predicted octanol–water partition coefficient (Wildman–Crippen LogP) is 4.19. The quantitative estimate of drug-likeness (QED) is 0.562. The molecule has 3 aromatic rings. The van der Waals surface area contributed by atoms with E-state index in [0.717, 1.165) is 54.0 Å². The number of carbonyl (C=O) groups excluding carboxylic acids is 1. The van der Waals surface area contributed by atoms with Gasteiger partial charge in [-0.1, -0.05) is 36.4 Å². The van der Waals surface area contributed by atoms with E-state index in [2.05, 4.69) is 35.3 Å².